The second-order valence-corrected chi connectivity index (χ2v) is 4.44. The molecule has 0 unspecified atom stereocenters. The van der Waals surface area contributed by atoms with E-state index in [-0.39, 0.29) is 12.4 Å². The van der Waals surface area contributed by atoms with Gasteiger partial charge in [-0.25, -0.2) is 4.39 Å². The predicted molar refractivity (Wildman–Crippen MR) is 74.0 cm³/mol. The highest BCUT2D eigenvalue weighted by atomic mass is 35.5. The zero-order valence-electron chi connectivity index (χ0n) is 10.9. The highest BCUT2D eigenvalue weighted by Gasteiger charge is 2.06. The molecule has 0 amide bonds. The minimum atomic E-state index is -0.434. The van der Waals surface area contributed by atoms with Crippen LogP contribution < -0.4 is 4.74 Å². The van der Waals surface area contributed by atoms with Crippen molar-refractivity contribution in [2.45, 2.75) is 13.0 Å². The smallest absolute Gasteiger partial charge is 0.165 e. The maximum absolute atomic E-state index is 13.6. The second kappa shape index (κ2) is 6.92. The van der Waals surface area contributed by atoms with Crippen molar-refractivity contribution in [1.82, 2.24) is 15.0 Å². The number of aryl methyl sites for hydroxylation is 1. The van der Waals surface area contributed by atoms with Gasteiger partial charge in [0.05, 0.1) is 6.20 Å². The van der Waals surface area contributed by atoms with Crippen LogP contribution in [0.4, 0.5) is 4.39 Å². The first-order valence-corrected chi connectivity index (χ1v) is 6.55. The van der Waals surface area contributed by atoms with Crippen LogP contribution in [0.3, 0.4) is 0 Å². The molecule has 0 atom stereocenters. The largest absolute Gasteiger partial charge is 0.484 e. The van der Waals surface area contributed by atoms with Gasteiger partial charge < -0.3 is 4.74 Å². The van der Waals surface area contributed by atoms with Crippen molar-refractivity contribution in [3.63, 3.8) is 0 Å². The van der Waals surface area contributed by atoms with Crippen LogP contribution >= 0.6 is 11.6 Å². The Morgan fingerprint density at radius 1 is 1.45 bits per heavy atom. The topological polar surface area (TPSA) is 39.9 Å². The molecule has 0 bridgehead atoms. The number of ether oxygens (including phenoxy) is 1. The number of benzene rings is 1. The first kappa shape index (κ1) is 14.4. The Labute approximate surface area is 121 Å². The summed E-state index contributed by atoms with van der Waals surface area (Å²) < 4.78 is 20.6. The Morgan fingerprint density at radius 3 is 3.00 bits per heavy atom. The molecule has 0 spiro atoms. The molecule has 6 heteroatoms. The zero-order valence-corrected chi connectivity index (χ0v) is 11.7. The maximum atomic E-state index is 13.6. The van der Waals surface area contributed by atoms with Crippen LogP contribution in [0.25, 0.3) is 0 Å². The van der Waals surface area contributed by atoms with Gasteiger partial charge in [0.15, 0.2) is 11.6 Å². The Hall–Kier alpha value is -2.06. The van der Waals surface area contributed by atoms with Gasteiger partial charge in [0.25, 0.3) is 0 Å². The molecule has 4 nitrogen and oxygen atoms in total. The predicted octanol–water partition coefficient (Wildman–Crippen LogP) is 2.51. The summed E-state index contributed by atoms with van der Waals surface area (Å²) >= 11 is 5.54. The number of hydrogen-bond acceptors (Lipinski definition) is 3. The van der Waals surface area contributed by atoms with Gasteiger partial charge in [-0.05, 0) is 18.2 Å². The fraction of sp³-hybridized carbons (Fsp3) is 0.286. The molecule has 104 valence electrons. The van der Waals surface area contributed by atoms with Crippen LogP contribution in [0.1, 0.15) is 17.7 Å². The third-order valence-electron chi connectivity index (χ3n) is 2.41. The van der Waals surface area contributed by atoms with E-state index in [1.165, 1.54) is 6.07 Å². The van der Waals surface area contributed by atoms with E-state index in [0.717, 1.165) is 0 Å². The minimum absolute atomic E-state index is 0.147. The molecular formula is C14H13ClFN3O. The van der Waals surface area contributed by atoms with Crippen LogP contribution in [0.15, 0.2) is 24.4 Å². The van der Waals surface area contributed by atoms with Gasteiger partial charge in [0, 0.05) is 24.9 Å². The lowest BCUT2D eigenvalue weighted by atomic mass is 10.2. The summed E-state index contributed by atoms with van der Waals surface area (Å²) in [5.41, 5.74) is 1.32. The third kappa shape index (κ3) is 3.97. The summed E-state index contributed by atoms with van der Waals surface area (Å²) in [4.78, 5) is 0. The molecule has 0 N–H and O–H groups in total. The van der Waals surface area contributed by atoms with Crippen molar-refractivity contribution < 1.29 is 9.13 Å². The van der Waals surface area contributed by atoms with Gasteiger partial charge in [-0.3, -0.25) is 4.68 Å². The summed E-state index contributed by atoms with van der Waals surface area (Å²) in [7, 11) is 1.75. The van der Waals surface area contributed by atoms with Crippen molar-refractivity contribution in [3.8, 4) is 17.6 Å². The van der Waals surface area contributed by atoms with Gasteiger partial charge in [0.1, 0.15) is 12.3 Å². The molecule has 0 saturated carbocycles. The van der Waals surface area contributed by atoms with Crippen molar-refractivity contribution in [2.24, 2.45) is 7.05 Å². The standard InChI is InChI=1S/C14H13ClFN3O/c1-19-9-12(17-18-19)10-20-14-8-11(4-2-3-7-15)5-6-13(14)16/h5-6,8-9H,3,7,10H2,1H3. The lowest BCUT2D eigenvalue weighted by Crippen LogP contribution is -1.98. The van der Waals surface area contributed by atoms with Crippen molar-refractivity contribution in [3.05, 3.63) is 41.5 Å². The van der Waals surface area contributed by atoms with Gasteiger partial charge in [-0.1, -0.05) is 17.1 Å². The maximum Gasteiger partial charge on any atom is 0.165 e. The fourth-order valence-corrected chi connectivity index (χ4v) is 1.61. The van der Waals surface area contributed by atoms with Gasteiger partial charge >= 0.3 is 0 Å². The van der Waals surface area contributed by atoms with Gasteiger partial charge in [-0.15, -0.1) is 16.7 Å². The number of hydrogen-bond donors (Lipinski definition) is 0. The molecule has 20 heavy (non-hydrogen) atoms. The Bertz CT molecular complexity index is 645. The first-order valence-electron chi connectivity index (χ1n) is 6.01. The summed E-state index contributed by atoms with van der Waals surface area (Å²) in [6.45, 7) is 0.156. The lowest BCUT2D eigenvalue weighted by Gasteiger charge is -2.05. The number of halogens is 2. The van der Waals surface area contributed by atoms with Crippen molar-refractivity contribution >= 4 is 11.6 Å². The van der Waals surface area contributed by atoms with Crippen molar-refractivity contribution in [1.29, 1.82) is 0 Å². The Balaban J connectivity index is 2.07. The van der Waals surface area contributed by atoms with E-state index in [9.17, 15) is 4.39 Å². The molecule has 1 aromatic carbocycles. The van der Waals surface area contributed by atoms with Crippen LogP contribution in [0.5, 0.6) is 5.75 Å². The van der Waals surface area contributed by atoms with Crippen LogP contribution in [0.2, 0.25) is 0 Å². The van der Waals surface area contributed by atoms with Gasteiger partial charge in [0.2, 0.25) is 0 Å². The molecule has 1 heterocycles. The van der Waals surface area contributed by atoms with Crippen molar-refractivity contribution in [2.75, 3.05) is 5.88 Å². The van der Waals surface area contributed by atoms with Crippen LogP contribution in [0, 0.1) is 17.7 Å². The fourth-order valence-electron chi connectivity index (χ4n) is 1.52. The van der Waals surface area contributed by atoms with Crippen LogP contribution in [-0.4, -0.2) is 20.9 Å². The van der Waals surface area contributed by atoms with Crippen LogP contribution in [-0.2, 0) is 13.7 Å². The van der Waals surface area contributed by atoms with E-state index in [1.54, 1.807) is 30.1 Å². The molecule has 0 fully saturated rings. The quantitative estimate of drug-likeness (QED) is 0.642. The summed E-state index contributed by atoms with van der Waals surface area (Å²) in [5, 5.41) is 7.64. The minimum Gasteiger partial charge on any atom is -0.484 e. The Kier molecular flexibility index (Phi) is 4.97. The van der Waals surface area contributed by atoms with E-state index in [1.807, 2.05) is 0 Å². The average molecular weight is 294 g/mol. The highest BCUT2D eigenvalue weighted by Crippen LogP contribution is 2.19. The number of rotatable bonds is 4. The van der Waals surface area contributed by atoms with Gasteiger partial charge in [-0.2, -0.15) is 0 Å². The Morgan fingerprint density at radius 2 is 2.30 bits per heavy atom. The summed E-state index contributed by atoms with van der Waals surface area (Å²) in [6, 6.07) is 4.50. The highest BCUT2D eigenvalue weighted by molar-refractivity contribution is 6.18. The van der Waals surface area contributed by atoms with E-state index in [4.69, 9.17) is 16.3 Å². The monoisotopic (exact) mass is 293 g/mol. The molecule has 0 aliphatic heterocycles. The lowest BCUT2D eigenvalue weighted by molar-refractivity contribution is 0.285. The third-order valence-corrected chi connectivity index (χ3v) is 2.60. The number of aromatic nitrogens is 3. The number of nitrogens with zero attached hydrogens (tertiary/aromatic N) is 3. The number of alkyl halides is 1. The molecule has 0 radical (unpaired) electrons. The summed E-state index contributed by atoms with van der Waals surface area (Å²) in [6.07, 6.45) is 2.30. The first-order chi connectivity index (χ1) is 9.69. The molecule has 0 aliphatic rings. The van der Waals surface area contributed by atoms with E-state index < -0.39 is 5.82 Å². The zero-order chi connectivity index (χ0) is 14.4. The molecule has 0 saturated heterocycles. The second-order valence-electron chi connectivity index (χ2n) is 4.06. The SMILES string of the molecule is Cn1cc(COc2cc(C#CCCCl)ccc2F)nn1. The molecular weight excluding hydrogens is 281 g/mol. The summed E-state index contributed by atoms with van der Waals surface area (Å²) in [5.74, 6) is 5.98. The molecule has 2 aromatic rings. The molecule has 0 aliphatic carbocycles. The van der Waals surface area contributed by atoms with E-state index in [2.05, 4.69) is 22.2 Å². The van der Waals surface area contributed by atoms with E-state index >= 15 is 0 Å². The normalized spacial score (nSPS) is 9.95. The average Bonchev–Trinajstić information content (AvgIpc) is 2.85. The molecule has 1 aromatic heterocycles. The van der Waals surface area contributed by atoms with E-state index in [0.29, 0.717) is 23.6 Å². The molecule has 2 rings (SSSR count).